The van der Waals surface area contributed by atoms with E-state index in [0.29, 0.717) is 0 Å². The Hall–Kier alpha value is -1.34. The van der Waals surface area contributed by atoms with Crippen molar-refractivity contribution >= 4 is 6.08 Å². The van der Waals surface area contributed by atoms with Crippen LogP contribution in [0.25, 0.3) is 0 Å². The largest absolute Gasteiger partial charge is 0.367 e. The smallest absolute Gasteiger partial charge is 0.235 e. The van der Waals surface area contributed by atoms with Crippen LogP contribution in [0.4, 0.5) is 0 Å². The summed E-state index contributed by atoms with van der Waals surface area (Å²) in [4.78, 5) is 16.6. The highest BCUT2D eigenvalue weighted by Gasteiger charge is 2.18. The van der Waals surface area contributed by atoms with Crippen LogP contribution < -0.4 is 0 Å². The number of isocyanates is 1. The summed E-state index contributed by atoms with van der Waals surface area (Å²) >= 11 is 0. The van der Waals surface area contributed by atoms with Crippen molar-refractivity contribution in [3.05, 3.63) is 24.0 Å². The van der Waals surface area contributed by atoms with Gasteiger partial charge < -0.3 is 4.98 Å². The Labute approximate surface area is 65.2 Å². The third-order valence-corrected chi connectivity index (χ3v) is 1.63. The summed E-state index contributed by atoms with van der Waals surface area (Å²) in [5.41, 5.74) is 0.530. The molecular formula is C8H10N2O. The number of hydrogen-bond acceptors (Lipinski definition) is 2. The van der Waals surface area contributed by atoms with Gasteiger partial charge in [0, 0.05) is 12.4 Å². The molecule has 0 aliphatic heterocycles. The molecule has 3 nitrogen and oxygen atoms in total. The molecule has 0 amide bonds. The Morgan fingerprint density at radius 1 is 1.64 bits per heavy atom. The quantitative estimate of drug-likeness (QED) is 0.505. The second-order valence-electron chi connectivity index (χ2n) is 2.86. The number of aliphatic imine (C=N–C) groups is 1. The van der Waals surface area contributed by atoms with Crippen molar-refractivity contribution in [3.63, 3.8) is 0 Å². The van der Waals surface area contributed by atoms with Gasteiger partial charge in [0.25, 0.3) is 0 Å². The topological polar surface area (TPSA) is 45.2 Å². The molecule has 0 unspecified atom stereocenters. The molecule has 1 aromatic heterocycles. The molecule has 11 heavy (non-hydrogen) atoms. The Kier molecular flexibility index (Phi) is 1.92. The average Bonchev–Trinajstić information content (AvgIpc) is 2.37. The zero-order valence-electron chi connectivity index (χ0n) is 6.59. The minimum Gasteiger partial charge on any atom is -0.367 e. The van der Waals surface area contributed by atoms with Crippen LogP contribution in [0.3, 0.4) is 0 Å². The third kappa shape index (κ3) is 1.57. The summed E-state index contributed by atoms with van der Waals surface area (Å²) in [7, 11) is 0. The molecule has 1 aromatic rings. The van der Waals surface area contributed by atoms with Crippen molar-refractivity contribution in [2.45, 2.75) is 19.4 Å². The van der Waals surface area contributed by atoms with Crippen LogP contribution in [-0.4, -0.2) is 11.1 Å². The molecule has 0 aliphatic rings. The lowest BCUT2D eigenvalue weighted by Gasteiger charge is -2.14. The number of rotatable bonds is 2. The standard InChI is InChI=1S/C8H10N2O/c1-8(2,10-6-11)7-3-4-9-5-7/h3-5,9H,1-2H3. The van der Waals surface area contributed by atoms with E-state index in [1.54, 1.807) is 12.3 Å². The summed E-state index contributed by atoms with van der Waals surface area (Å²) in [6, 6.07) is 1.89. The van der Waals surface area contributed by atoms with E-state index in [9.17, 15) is 4.79 Å². The van der Waals surface area contributed by atoms with Crippen LogP contribution in [0.5, 0.6) is 0 Å². The van der Waals surface area contributed by atoms with E-state index >= 15 is 0 Å². The first-order chi connectivity index (χ1) is 5.17. The van der Waals surface area contributed by atoms with Gasteiger partial charge in [-0.2, -0.15) is 4.99 Å². The van der Waals surface area contributed by atoms with E-state index in [2.05, 4.69) is 9.98 Å². The van der Waals surface area contributed by atoms with Gasteiger partial charge in [0.2, 0.25) is 6.08 Å². The Morgan fingerprint density at radius 2 is 2.36 bits per heavy atom. The van der Waals surface area contributed by atoms with Crippen molar-refractivity contribution in [3.8, 4) is 0 Å². The van der Waals surface area contributed by atoms with Gasteiger partial charge in [-0.1, -0.05) is 0 Å². The van der Waals surface area contributed by atoms with E-state index in [1.165, 1.54) is 0 Å². The minimum atomic E-state index is -0.457. The van der Waals surface area contributed by atoms with Crippen LogP contribution in [0.15, 0.2) is 23.5 Å². The Bertz CT molecular complexity index is 268. The van der Waals surface area contributed by atoms with E-state index in [1.807, 2.05) is 26.1 Å². The van der Waals surface area contributed by atoms with Crippen molar-refractivity contribution in [1.29, 1.82) is 0 Å². The lowest BCUT2D eigenvalue weighted by atomic mass is 9.99. The molecule has 58 valence electrons. The fourth-order valence-corrected chi connectivity index (χ4v) is 0.883. The fourth-order valence-electron chi connectivity index (χ4n) is 0.883. The highest BCUT2D eigenvalue weighted by molar-refractivity contribution is 5.36. The number of carbonyl (C=O) groups excluding carboxylic acids is 1. The zero-order valence-corrected chi connectivity index (χ0v) is 6.59. The SMILES string of the molecule is CC(C)(N=C=O)c1cc[nH]c1. The van der Waals surface area contributed by atoms with Crippen molar-refractivity contribution in [1.82, 2.24) is 4.98 Å². The van der Waals surface area contributed by atoms with E-state index < -0.39 is 5.54 Å². The molecule has 0 aliphatic carbocycles. The van der Waals surface area contributed by atoms with Gasteiger partial charge in [-0.3, -0.25) is 0 Å². The monoisotopic (exact) mass is 150 g/mol. The first kappa shape index (κ1) is 7.76. The third-order valence-electron chi connectivity index (χ3n) is 1.63. The van der Waals surface area contributed by atoms with Crippen LogP contribution in [-0.2, 0) is 10.3 Å². The molecule has 0 aromatic carbocycles. The van der Waals surface area contributed by atoms with Crippen molar-refractivity contribution in [2.75, 3.05) is 0 Å². The maximum atomic E-state index is 10.0. The predicted molar refractivity (Wildman–Crippen MR) is 41.9 cm³/mol. The predicted octanol–water partition coefficient (Wildman–Crippen LogP) is 1.59. The molecule has 1 N–H and O–H groups in total. The summed E-state index contributed by atoms with van der Waals surface area (Å²) in [5, 5.41) is 0. The lowest BCUT2D eigenvalue weighted by molar-refractivity contribution is 0.523. The maximum Gasteiger partial charge on any atom is 0.235 e. The van der Waals surface area contributed by atoms with Crippen LogP contribution in [0.2, 0.25) is 0 Å². The van der Waals surface area contributed by atoms with Gasteiger partial charge in [-0.25, -0.2) is 4.79 Å². The highest BCUT2D eigenvalue weighted by atomic mass is 16.1. The molecule has 1 rings (SSSR count). The number of nitrogens with zero attached hydrogens (tertiary/aromatic N) is 1. The first-order valence-corrected chi connectivity index (χ1v) is 3.39. The van der Waals surface area contributed by atoms with Gasteiger partial charge in [0.15, 0.2) is 0 Å². The van der Waals surface area contributed by atoms with Crippen LogP contribution in [0, 0.1) is 0 Å². The van der Waals surface area contributed by atoms with Crippen molar-refractivity contribution < 1.29 is 4.79 Å². The van der Waals surface area contributed by atoms with Crippen LogP contribution in [0.1, 0.15) is 19.4 Å². The van der Waals surface area contributed by atoms with Gasteiger partial charge in [0.05, 0.1) is 5.54 Å². The first-order valence-electron chi connectivity index (χ1n) is 3.39. The number of H-pyrrole nitrogens is 1. The molecule has 1 heterocycles. The molecule has 0 spiro atoms. The molecule has 3 heteroatoms. The summed E-state index contributed by atoms with van der Waals surface area (Å²) in [6.45, 7) is 3.72. The maximum absolute atomic E-state index is 10.0. The van der Waals surface area contributed by atoms with E-state index in [0.717, 1.165) is 5.56 Å². The average molecular weight is 150 g/mol. The number of hydrogen-bond donors (Lipinski definition) is 1. The summed E-state index contributed by atoms with van der Waals surface area (Å²) < 4.78 is 0. The fraction of sp³-hybridized carbons (Fsp3) is 0.375. The second kappa shape index (κ2) is 2.72. The Balaban J connectivity index is 2.99. The van der Waals surface area contributed by atoms with Gasteiger partial charge in [-0.15, -0.1) is 0 Å². The van der Waals surface area contributed by atoms with E-state index in [-0.39, 0.29) is 0 Å². The molecule has 0 atom stereocenters. The molecule has 0 saturated carbocycles. The Morgan fingerprint density at radius 3 is 2.82 bits per heavy atom. The van der Waals surface area contributed by atoms with Gasteiger partial charge in [0.1, 0.15) is 0 Å². The highest BCUT2D eigenvalue weighted by Crippen LogP contribution is 2.22. The van der Waals surface area contributed by atoms with E-state index in [4.69, 9.17) is 0 Å². The van der Waals surface area contributed by atoms with Crippen molar-refractivity contribution in [2.24, 2.45) is 4.99 Å². The normalized spacial score (nSPS) is 10.7. The molecule has 0 radical (unpaired) electrons. The lowest BCUT2D eigenvalue weighted by Crippen LogP contribution is -2.11. The molecule has 0 fully saturated rings. The van der Waals surface area contributed by atoms with Gasteiger partial charge in [-0.05, 0) is 25.5 Å². The van der Waals surface area contributed by atoms with Crippen LogP contribution >= 0.6 is 0 Å². The molecular weight excluding hydrogens is 140 g/mol. The second-order valence-corrected chi connectivity index (χ2v) is 2.86. The summed E-state index contributed by atoms with van der Waals surface area (Å²) in [6.07, 6.45) is 5.18. The minimum absolute atomic E-state index is 0.457. The summed E-state index contributed by atoms with van der Waals surface area (Å²) in [5.74, 6) is 0. The number of aromatic amines is 1. The molecule has 0 saturated heterocycles. The zero-order chi connectivity index (χ0) is 8.32. The number of nitrogens with one attached hydrogen (secondary N) is 1. The molecule has 0 bridgehead atoms. The van der Waals surface area contributed by atoms with Gasteiger partial charge >= 0.3 is 0 Å². The number of aromatic nitrogens is 1.